The molecule has 0 fully saturated rings. The molecule has 0 aliphatic heterocycles. The number of nitrogens with zero attached hydrogens (tertiary/aromatic N) is 1. The summed E-state index contributed by atoms with van der Waals surface area (Å²) in [6.45, 7) is 12.6. The van der Waals surface area contributed by atoms with Gasteiger partial charge < -0.3 is 73.6 Å². The van der Waals surface area contributed by atoms with Gasteiger partial charge in [-0.1, -0.05) is 106 Å². The van der Waals surface area contributed by atoms with Crippen LogP contribution in [0.15, 0.2) is 0 Å². The molecule has 0 spiro atoms. The number of carbonyl (C=O) groups excluding carboxylic acids is 2. The number of carbonyl (C=O) groups is 4. The Hall–Kier alpha value is 1.93. The van der Waals surface area contributed by atoms with Gasteiger partial charge in [-0.2, -0.15) is 4.67 Å². The second-order valence-corrected chi connectivity index (χ2v) is 14.2. The van der Waals surface area contributed by atoms with E-state index in [4.69, 9.17) is 68.7 Å². The molecule has 0 heterocycles. The third kappa shape index (κ3) is 178. The summed E-state index contributed by atoms with van der Waals surface area (Å²) in [5, 5.41) is 38.8. The van der Waals surface area contributed by atoms with E-state index in [2.05, 4.69) is 15.3 Å². The van der Waals surface area contributed by atoms with E-state index in [-0.39, 0.29) is 165 Å². The third-order valence-corrected chi connectivity index (χ3v) is 3.60. The molecule has 0 aliphatic rings. The maximum Gasteiger partial charge on any atom is 1.00 e. The van der Waals surface area contributed by atoms with Crippen molar-refractivity contribution in [3.8, 4) is 0 Å². The summed E-state index contributed by atoms with van der Waals surface area (Å²) in [5.74, 6) is -4.16. The van der Waals surface area contributed by atoms with Crippen molar-refractivity contribution in [2.24, 2.45) is 0 Å². The first-order chi connectivity index (χ1) is 17.6. The molecule has 0 radical (unpaired) electrons. The van der Waals surface area contributed by atoms with Crippen LogP contribution >= 0.6 is 56.3 Å². The van der Waals surface area contributed by atoms with Gasteiger partial charge in [-0.05, 0) is 13.8 Å². The molecule has 18 nitrogen and oxygen atoms in total. The summed E-state index contributed by atoms with van der Waals surface area (Å²) in [7, 11) is -4.97. The van der Waals surface area contributed by atoms with Gasteiger partial charge >= 0.3 is 78.6 Å². The van der Waals surface area contributed by atoms with E-state index >= 15 is 0 Å². The Morgan fingerprint density at radius 3 is 1.20 bits per heavy atom. The van der Waals surface area contributed by atoms with E-state index in [1.165, 1.54) is 4.90 Å². The SMILES string of the molecule is C.C.C.C.C.C.C=O.CC(C)N(CC(=O)O)CP(=O)(O)O.CC(C)NCC(=O)O.CC(C)NCC(=O)[O-].ClP(Cl)Cl.O.O.OOPO.[Cl-].[Na+].[Na+]. The fourth-order valence-corrected chi connectivity index (χ4v) is 2.28. The van der Waals surface area contributed by atoms with Crippen molar-refractivity contribution in [1.29, 1.82) is 0 Å². The van der Waals surface area contributed by atoms with Crippen molar-refractivity contribution < 1.29 is 146 Å². The minimum absolute atomic E-state index is 0. The smallest absolute Gasteiger partial charge is 1.00 e. The molecule has 1 atom stereocenters. The van der Waals surface area contributed by atoms with Crippen LogP contribution in [0.3, 0.4) is 0 Å². The molecule has 0 saturated heterocycles. The van der Waals surface area contributed by atoms with Gasteiger partial charge in [-0.15, -0.1) is 0 Å². The Balaban J connectivity index is -0.0000000178. The molecule has 0 aromatic heterocycles. The summed E-state index contributed by atoms with van der Waals surface area (Å²) in [5.41, 5.74) is 0. The maximum absolute atomic E-state index is 10.6. The molecule has 310 valence electrons. The van der Waals surface area contributed by atoms with Crippen LogP contribution in [0, 0.1) is 0 Å². The van der Waals surface area contributed by atoms with Gasteiger partial charge in [0.15, 0.2) is 15.0 Å². The molecule has 0 bridgehead atoms. The average molecular weight is 908 g/mol. The number of hydrogen-bond donors (Lipinski definition) is 8. The molecule has 0 amide bonds. The maximum atomic E-state index is 10.6. The Bertz CT molecular complexity index is 634. The van der Waals surface area contributed by atoms with Gasteiger partial charge in [0.25, 0.3) is 0 Å². The summed E-state index contributed by atoms with van der Waals surface area (Å²) in [4.78, 5) is 63.8. The predicted octanol–water partition coefficient (Wildman–Crippen LogP) is -5.38. The van der Waals surface area contributed by atoms with E-state index in [1.807, 2.05) is 34.5 Å². The summed E-state index contributed by atoms with van der Waals surface area (Å²) >= 11 is 14.6. The largest absolute Gasteiger partial charge is 1.00 e. The van der Waals surface area contributed by atoms with Crippen LogP contribution in [0.1, 0.15) is 86.1 Å². The second-order valence-electron chi connectivity index (χ2n) is 7.25. The van der Waals surface area contributed by atoms with Crippen LogP contribution in [0.2, 0.25) is 0 Å². The van der Waals surface area contributed by atoms with Crippen LogP contribution in [0.4, 0.5) is 0 Å². The van der Waals surface area contributed by atoms with Gasteiger partial charge in [0.05, 0.1) is 19.1 Å². The van der Waals surface area contributed by atoms with Crippen molar-refractivity contribution in [2.75, 3.05) is 25.9 Å². The number of rotatable bonds is 12. The first-order valence-electron chi connectivity index (χ1n) is 10.3. The van der Waals surface area contributed by atoms with Crippen LogP contribution in [0.5, 0.6) is 0 Å². The summed E-state index contributed by atoms with van der Waals surface area (Å²) < 4.78 is 13.7. The molecule has 0 aromatic rings. The summed E-state index contributed by atoms with van der Waals surface area (Å²) in [6, 6.07) is 0.266. The van der Waals surface area contributed by atoms with Crippen LogP contribution in [0.25, 0.3) is 0 Å². The zero-order valence-corrected chi connectivity index (χ0v) is 35.5. The zero-order valence-electron chi connectivity index (χ0n) is 25.7. The molecule has 12 N–H and O–H groups in total. The quantitative estimate of drug-likeness (QED) is 0.0392. The molecule has 1 unspecified atom stereocenters. The van der Waals surface area contributed by atoms with Gasteiger partial charge in [0.2, 0.25) is 0 Å². The monoisotopic (exact) mass is 905 g/mol. The van der Waals surface area contributed by atoms with Crippen molar-refractivity contribution in [3.63, 3.8) is 0 Å². The Labute approximate surface area is 369 Å². The molecule has 27 heteroatoms. The normalized spacial score (nSPS) is 8.04. The number of halogens is 4. The second kappa shape index (κ2) is 79.6. The number of nitrogens with one attached hydrogen (secondary N) is 2. The van der Waals surface area contributed by atoms with Gasteiger partial charge in [0, 0.05) is 24.7 Å². The summed E-state index contributed by atoms with van der Waals surface area (Å²) in [6.07, 6.45) is -0.517. The van der Waals surface area contributed by atoms with Crippen molar-refractivity contribution in [2.45, 2.75) is 104 Å². The predicted molar refractivity (Wildman–Crippen MR) is 199 cm³/mol. The van der Waals surface area contributed by atoms with E-state index < -0.39 is 46.8 Å². The topological polar surface area (TPSA) is 329 Å². The fourth-order valence-electron chi connectivity index (χ4n) is 1.39. The Morgan fingerprint density at radius 1 is 0.840 bits per heavy atom. The van der Waals surface area contributed by atoms with Gasteiger partial charge in [0.1, 0.15) is 13.1 Å². The van der Waals surface area contributed by atoms with Crippen LogP contribution in [-0.4, -0.2) is 115 Å². The van der Waals surface area contributed by atoms with E-state index in [9.17, 15) is 24.1 Å². The number of carboxylic acid groups (broad SMARTS) is 3. The van der Waals surface area contributed by atoms with Crippen LogP contribution in [-0.2, 0) is 28.4 Å². The van der Waals surface area contributed by atoms with Crippen molar-refractivity contribution in [3.05, 3.63) is 0 Å². The minimum Gasteiger partial charge on any atom is -1.00 e. The standard InChI is InChI=1S/C6H14NO5P.2C5H11NO2.CH2O.6CH4.Cl3P.ClH.2Na.H3O3P.2H2O/c1-5(2)7(3-6(8)9)4-13(10,11)12;2*1-4(2)6-3-5(7)8;1-2;;;;;;;1-4(2)3;;;;1-3-4-2;;/h5H,3-4H2,1-2H3,(H,8,9)(H2,10,11,12);2*4,6H,3H2,1-2H3,(H,7,8);1H2;6*1H4;;1H;;;1-2,4H;2*1H2/q;;;;;;;;;;;;2*+1;;;/p-2. The molecule has 0 aliphatic carbocycles. The Kier molecular flexibility index (Phi) is 176. The third-order valence-electron chi connectivity index (χ3n) is 2.79. The number of carboxylic acids is 3. The fraction of sp³-hybridized carbons (Fsp3) is 0.826. The van der Waals surface area contributed by atoms with E-state index in [0.29, 0.717) is 0 Å². The Morgan fingerprint density at radius 2 is 1.10 bits per heavy atom. The number of aliphatic carboxylic acids is 3. The van der Waals surface area contributed by atoms with Crippen molar-refractivity contribution >= 4 is 81.0 Å². The van der Waals surface area contributed by atoms with Gasteiger partial charge in [-0.3, -0.25) is 19.1 Å². The van der Waals surface area contributed by atoms with Crippen LogP contribution < -0.4 is 87.3 Å². The first-order valence-corrected chi connectivity index (χ1v) is 17.0. The first kappa shape index (κ1) is 110. The molecule has 0 aromatic carbocycles. The van der Waals surface area contributed by atoms with E-state index in [0.717, 1.165) is 0 Å². The van der Waals surface area contributed by atoms with E-state index in [1.54, 1.807) is 13.8 Å². The molecule has 0 saturated carbocycles. The molecular weight excluding hydrogens is 839 g/mol. The minimum atomic E-state index is -4.17. The molecule has 50 heavy (non-hydrogen) atoms. The number of hydrogen-bond acceptors (Lipinski definition) is 12. The molecular formula is C23H68Cl4N3Na2O15P3. The van der Waals surface area contributed by atoms with Gasteiger partial charge in [-0.25, -0.2) is 5.26 Å². The molecule has 0 rings (SSSR count). The average Bonchev–Trinajstić information content (AvgIpc) is 2.76. The van der Waals surface area contributed by atoms with Crippen molar-refractivity contribution in [1.82, 2.24) is 15.5 Å². The zero-order chi connectivity index (χ0) is 32.8.